The summed E-state index contributed by atoms with van der Waals surface area (Å²) in [7, 11) is 0. The molecule has 15 heavy (non-hydrogen) atoms. The molecule has 0 aliphatic carbocycles. The first-order valence-corrected chi connectivity index (χ1v) is 5.44. The van der Waals surface area contributed by atoms with Crippen LogP contribution in [0.2, 0.25) is 0 Å². The van der Waals surface area contributed by atoms with Gasteiger partial charge in [-0.05, 0) is 18.4 Å². The maximum absolute atomic E-state index is 11.5. The van der Waals surface area contributed by atoms with E-state index in [-0.39, 0.29) is 5.91 Å². The molecule has 0 radical (unpaired) electrons. The van der Waals surface area contributed by atoms with E-state index in [0.29, 0.717) is 6.42 Å². The first-order chi connectivity index (χ1) is 7.36. The fraction of sp³-hybridized carbons (Fsp3) is 0.417. The SMILES string of the molecule is O=C1CCCNN1CCc1ccccc1. The molecule has 1 aliphatic rings. The maximum atomic E-state index is 11.5. The van der Waals surface area contributed by atoms with Gasteiger partial charge in [-0.3, -0.25) is 9.80 Å². The Labute approximate surface area is 90.1 Å². The molecule has 1 aliphatic heterocycles. The van der Waals surface area contributed by atoms with Crippen molar-refractivity contribution in [1.29, 1.82) is 0 Å². The third kappa shape index (κ3) is 2.80. The van der Waals surface area contributed by atoms with Crippen LogP contribution >= 0.6 is 0 Å². The van der Waals surface area contributed by atoms with Crippen LogP contribution in [0.15, 0.2) is 30.3 Å². The summed E-state index contributed by atoms with van der Waals surface area (Å²) in [6.45, 7) is 1.68. The van der Waals surface area contributed by atoms with Gasteiger partial charge in [-0.2, -0.15) is 0 Å². The largest absolute Gasteiger partial charge is 0.278 e. The van der Waals surface area contributed by atoms with E-state index in [1.807, 2.05) is 18.2 Å². The van der Waals surface area contributed by atoms with E-state index >= 15 is 0 Å². The van der Waals surface area contributed by atoms with Crippen LogP contribution in [0.25, 0.3) is 0 Å². The highest BCUT2D eigenvalue weighted by Gasteiger charge is 2.16. The summed E-state index contributed by atoms with van der Waals surface area (Å²) in [5.74, 6) is 0.220. The summed E-state index contributed by atoms with van der Waals surface area (Å²) in [4.78, 5) is 11.5. The molecule has 0 aromatic heterocycles. The first-order valence-electron chi connectivity index (χ1n) is 5.44. The summed E-state index contributed by atoms with van der Waals surface area (Å²) in [6, 6.07) is 10.2. The number of nitrogens with one attached hydrogen (secondary N) is 1. The molecule has 1 amide bonds. The predicted octanol–water partition coefficient (Wildman–Crippen LogP) is 1.36. The molecule has 1 fully saturated rings. The van der Waals surface area contributed by atoms with Crippen molar-refractivity contribution in [2.45, 2.75) is 19.3 Å². The third-order valence-corrected chi connectivity index (χ3v) is 2.64. The fourth-order valence-electron chi connectivity index (χ4n) is 1.77. The highest BCUT2D eigenvalue weighted by atomic mass is 16.2. The highest BCUT2D eigenvalue weighted by molar-refractivity contribution is 5.76. The van der Waals surface area contributed by atoms with E-state index in [1.54, 1.807) is 5.01 Å². The number of rotatable bonds is 3. The minimum absolute atomic E-state index is 0.220. The zero-order valence-corrected chi connectivity index (χ0v) is 8.78. The van der Waals surface area contributed by atoms with Crippen LogP contribution in [-0.4, -0.2) is 24.0 Å². The van der Waals surface area contributed by atoms with Crippen LogP contribution in [-0.2, 0) is 11.2 Å². The van der Waals surface area contributed by atoms with E-state index < -0.39 is 0 Å². The van der Waals surface area contributed by atoms with Gasteiger partial charge in [0.1, 0.15) is 0 Å². The molecule has 0 bridgehead atoms. The van der Waals surface area contributed by atoms with Gasteiger partial charge < -0.3 is 0 Å². The minimum Gasteiger partial charge on any atom is -0.278 e. The second-order valence-electron chi connectivity index (χ2n) is 3.79. The Morgan fingerprint density at radius 1 is 1.27 bits per heavy atom. The van der Waals surface area contributed by atoms with Crippen LogP contribution < -0.4 is 5.43 Å². The summed E-state index contributed by atoms with van der Waals surface area (Å²) in [6.07, 6.45) is 2.56. The smallest absolute Gasteiger partial charge is 0.236 e. The summed E-state index contributed by atoms with van der Waals surface area (Å²) < 4.78 is 0. The summed E-state index contributed by atoms with van der Waals surface area (Å²) in [5, 5.41) is 1.75. The Balaban J connectivity index is 1.85. The van der Waals surface area contributed by atoms with Crippen molar-refractivity contribution in [2.24, 2.45) is 0 Å². The Morgan fingerprint density at radius 2 is 2.07 bits per heavy atom. The van der Waals surface area contributed by atoms with Gasteiger partial charge in [-0.15, -0.1) is 0 Å². The van der Waals surface area contributed by atoms with E-state index in [0.717, 1.165) is 25.9 Å². The van der Waals surface area contributed by atoms with Crippen molar-refractivity contribution in [3.05, 3.63) is 35.9 Å². The number of amides is 1. The molecule has 0 atom stereocenters. The zero-order valence-electron chi connectivity index (χ0n) is 8.78. The van der Waals surface area contributed by atoms with Crippen LogP contribution in [0.5, 0.6) is 0 Å². The van der Waals surface area contributed by atoms with Gasteiger partial charge in [-0.1, -0.05) is 30.3 Å². The van der Waals surface area contributed by atoms with Crippen LogP contribution in [0.1, 0.15) is 18.4 Å². The molecule has 2 rings (SSSR count). The van der Waals surface area contributed by atoms with Gasteiger partial charge in [0.05, 0.1) is 0 Å². The molecule has 1 aromatic rings. The van der Waals surface area contributed by atoms with Crippen LogP contribution in [0.4, 0.5) is 0 Å². The van der Waals surface area contributed by atoms with Crippen molar-refractivity contribution >= 4 is 5.91 Å². The van der Waals surface area contributed by atoms with Crippen molar-refractivity contribution in [3.63, 3.8) is 0 Å². The van der Waals surface area contributed by atoms with Gasteiger partial charge in [0.25, 0.3) is 0 Å². The molecule has 1 aromatic carbocycles. The monoisotopic (exact) mass is 204 g/mol. The molecule has 1 saturated heterocycles. The Bertz CT molecular complexity index is 324. The Morgan fingerprint density at radius 3 is 2.80 bits per heavy atom. The number of hydrogen-bond donors (Lipinski definition) is 1. The van der Waals surface area contributed by atoms with E-state index in [1.165, 1.54) is 5.56 Å². The van der Waals surface area contributed by atoms with Crippen molar-refractivity contribution in [2.75, 3.05) is 13.1 Å². The molecule has 0 saturated carbocycles. The molecule has 80 valence electrons. The van der Waals surface area contributed by atoms with E-state index in [9.17, 15) is 4.79 Å². The zero-order chi connectivity index (χ0) is 10.5. The van der Waals surface area contributed by atoms with E-state index in [2.05, 4.69) is 17.6 Å². The van der Waals surface area contributed by atoms with E-state index in [4.69, 9.17) is 0 Å². The quantitative estimate of drug-likeness (QED) is 0.806. The Kier molecular flexibility index (Phi) is 3.35. The standard InChI is InChI=1S/C12H16N2O/c15-12-7-4-9-13-14(12)10-8-11-5-2-1-3-6-11/h1-3,5-6,13H,4,7-10H2. The first kappa shape index (κ1) is 10.2. The highest BCUT2D eigenvalue weighted by Crippen LogP contribution is 2.05. The van der Waals surface area contributed by atoms with Gasteiger partial charge in [0.2, 0.25) is 5.91 Å². The summed E-state index contributed by atoms with van der Waals surface area (Å²) >= 11 is 0. The summed E-state index contributed by atoms with van der Waals surface area (Å²) in [5.41, 5.74) is 4.40. The molecule has 0 spiro atoms. The number of carbonyl (C=O) groups excluding carboxylic acids is 1. The number of carbonyl (C=O) groups is 1. The van der Waals surface area contributed by atoms with Crippen molar-refractivity contribution in [1.82, 2.24) is 10.4 Å². The van der Waals surface area contributed by atoms with Crippen LogP contribution in [0, 0.1) is 0 Å². The van der Waals surface area contributed by atoms with Crippen molar-refractivity contribution < 1.29 is 4.79 Å². The molecule has 3 heteroatoms. The normalized spacial score (nSPS) is 16.8. The average Bonchev–Trinajstić information content (AvgIpc) is 2.29. The van der Waals surface area contributed by atoms with Gasteiger partial charge in [0.15, 0.2) is 0 Å². The van der Waals surface area contributed by atoms with Gasteiger partial charge in [-0.25, -0.2) is 5.43 Å². The molecule has 1 N–H and O–H groups in total. The number of benzene rings is 1. The second kappa shape index (κ2) is 4.94. The van der Waals surface area contributed by atoms with Gasteiger partial charge in [0, 0.05) is 19.5 Å². The molecular formula is C12H16N2O. The molecular weight excluding hydrogens is 188 g/mol. The number of nitrogens with zero attached hydrogens (tertiary/aromatic N) is 1. The maximum Gasteiger partial charge on any atom is 0.236 e. The minimum atomic E-state index is 0.220. The lowest BCUT2D eigenvalue weighted by Gasteiger charge is -2.27. The predicted molar refractivity (Wildman–Crippen MR) is 59.1 cm³/mol. The lowest BCUT2D eigenvalue weighted by molar-refractivity contribution is -0.136. The molecule has 1 heterocycles. The van der Waals surface area contributed by atoms with Crippen molar-refractivity contribution in [3.8, 4) is 0 Å². The lowest BCUT2D eigenvalue weighted by Crippen LogP contribution is -2.47. The van der Waals surface area contributed by atoms with Crippen LogP contribution in [0.3, 0.4) is 0 Å². The fourth-order valence-corrected chi connectivity index (χ4v) is 1.77. The molecule has 3 nitrogen and oxygen atoms in total. The average molecular weight is 204 g/mol. The number of hydrogen-bond acceptors (Lipinski definition) is 2. The Hall–Kier alpha value is -1.35. The lowest BCUT2D eigenvalue weighted by atomic mass is 10.1. The molecule has 0 unspecified atom stereocenters. The third-order valence-electron chi connectivity index (χ3n) is 2.64. The second-order valence-corrected chi connectivity index (χ2v) is 3.79. The number of hydrazine groups is 1. The topological polar surface area (TPSA) is 32.3 Å². The van der Waals surface area contributed by atoms with Gasteiger partial charge >= 0.3 is 0 Å².